The molecule has 1 heterocycles. The first-order valence-corrected chi connectivity index (χ1v) is 9.68. The van der Waals surface area contributed by atoms with Gasteiger partial charge >= 0.3 is 0 Å². The molecule has 1 N–H and O–H groups in total. The summed E-state index contributed by atoms with van der Waals surface area (Å²) in [4.78, 5) is 0. The lowest BCUT2D eigenvalue weighted by atomic mass is 10.2. The zero-order valence-corrected chi connectivity index (χ0v) is 14.2. The summed E-state index contributed by atoms with van der Waals surface area (Å²) in [5.74, 6) is 1.19. The summed E-state index contributed by atoms with van der Waals surface area (Å²) in [6, 6.07) is 0.469. The number of hydrogen-bond acceptors (Lipinski definition) is 4. The van der Waals surface area contributed by atoms with E-state index >= 15 is 0 Å². The maximum atomic E-state index is 12.3. The van der Waals surface area contributed by atoms with Gasteiger partial charge in [0, 0.05) is 29.6 Å². The van der Waals surface area contributed by atoms with Crippen LogP contribution in [0.4, 0.5) is 0 Å². The molecule has 19 heavy (non-hydrogen) atoms. The highest BCUT2D eigenvalue weighted by Crippen LogP contribution is 2.30. The molecule has 0 amide bonds. The van der Waals surface area contributed by atoms with Gasteiger partial charge in [-0.05, 0) is 33.2 Å². The van der Waals surface area contributed by atoms with Gasteiger partial charge < -0.3 is 5.32 Å². The number of rotatable bonds is 7. The van der Waals surface area contributed by atoms with Crippen molar-refractivity contribution in [2.24, 2.45) is 0 Å². The van der Waals surface area contributed by atoms with Gasteiger partial charge in [-0.3, -0.25) is 0 Å². The predicted octanol–water partition coefficient (Wildman–Crippen LogP) is 1.92. The van der Waals surface area contributed by atoms with Crippen LogP contribution in [0.5, 0.6) is 0 Å². The first-order valence-electron chi connectivity index (χ1n) is 7.08. The second kappa shape index (κ2) is 7.29. The summed E-state index contributed by atoms with van der Waals surface area (Å²) in [7, 11) is -3.06. The Morgan fingerprint density at radius 2 is 2.00 bits per heavy atom. The van der Waals surface area contributed by atoms with E-state index in [0.29, 0.717) is 19.1 Å². The summed E-state index contributed by atoms with van der Waals surface area (Å²) in [6.45, 7) is 10.6. The summed E-state index contributed by atoms with van der Waals surface area (Å²) >= 11 is 1.86. The highest BCUT2D eigenvalue weighted by Gasteiger charge is 2.33. The van der Waals surface area contributed by atoms with E-state index in [2.05, 4.69) is 33.0 Å². The van der Waals surface area contributed by atoms with Crippen LogP contribution in [-0.2, 0) is 10.0 Å². The Kier molecular flexibility index (Phi) is 6.63. The van der Waals surface area contributed by atoms with Gasteiger partial charge in [0.05, 0.1) is 5.75 Å². The molecule has 0 atom stereocenters. The molecule has 0 aromatic rings. The highest BCUT2D eigenvalue weighted by atomic mass is 32.2. The maximum Gasteiger partial charge on any atom is 0.214 e. The van der Waals surface area contributed by atoms with Crippen LogP contribution >= 0.6 is 11.8 Å². The molecule has 4 nitrogen and oxygen atoms in total. The van der Waals surface area contributed by atoms with Crippen LogP contribution in [-0.4, -0.2) is 54.7 Å². The molecular formula is C13H28N2O2S2. The van der Waals surface area contributed by atoms with Crippen molar-refractivity contribution in [2.45, 2.75) is 51.3 Å². The average molecular weight is 309 g/mol. The highest BCUT2D eigenvalue weighted by molar-refractivity contribution is 8.00. The van der Waals surface area contributed by atoms with Crippen LogP contribution in [0, 0.1) is 0 Å². The second-order valence-corrected chi connectivity index (χ2v) is 9.96. The molecule has 0 bridgehead atoms. The van der Waals surface area contributed by atoms with E-state index < -0.39 is 10.0 Å². The van der Waals surface area contributed by atoms with E-state index in [1.807, 2.05) is 11.8 Å². The molecule has 0 aromatic heterocycles. The van der Waals surface area contributed by atoms with Crippen molar-refractivity contribution in [1.29, 1.82) is 0 Å². The van der Waals surface area contributed by atoms with Gasteiger partial charge in [-0.1, -0.05) is 13.8 Å². The van der Waals surface area contributed by atoms with Gasteiger partial charge in [0.2, 0.25) is 10.0 Å². The molecule has 0 aliphatic carbocycles. The molecule has 1 rings (SSSR count). The third-order valence-electron chi connectivity index (χ3n) is 3.17. The number of unbranched alkanes of at least 4 members (excludes halogenated alkanes) is 1. The van der Waals surface area contributed by atoms with Crippen molar-refractivity contribution in [3.05, 3.63) is 0 Å². The zero-order chi connectivity index (χ0) is 14.5. The molecule has 114 valence electrons. The molecule has 1 saturated heterocycles. The lowest BCUT2D eigenvalue weighted by Crippen LogP contribution is -2.46. The molecule has 1 aliphatic rings. The van der Waals surface area contributed by atoms with Gasteiger partial charge in [0.1, 0.15) is 0 Å². The largest absolute Gasteiger partial charge is 0.315 e. The fraction of sp³-hybridized carbons (Fsp3) is 1.00. The van der Waals surface area contributed by atoms with E-state index in [0.717, 1.165) is 25.1 Å². The lowest BCUT2D eigenvalue weighted by molar-refractivity contribution is 0.386. The van der Waals surface area contributed by atoms with E-state index in [1.54, 1.807) is 4.31 Å². The van der Waals surface area contributed by atoms with Gasteiger partial charge in [-0.25, -0.2) is 8.42 Å². The Hall–Kier alpha value is 0.220. The fourth-order valence-corrected chi connectivity index (χ4v) is 5.16. The Bertz CT molecular complexity index is 367. The molecule has 1 fully saturated rings. The van der Waals surface area contributed by atoms with E-state index in [9.17, 15) is 8.42 Å². The quantitative estimate of drug-likeness (QED) is 0.730. The minimum atomic E-state index is -3.06. The number of hydrogen-bond donors (Lipinski definition) is 1. The van der Waals surface area contributed by atoms with E-state index in [4.69, 9.17) is 0 Å². The second-order valence-electron chi connectivity index (χ2n) is 6.07. The molecule has 0 saturated carbocycles. The van der Waals surface area contributed by atoms with Crippen LogP contribution in [0.2, 0.25) is 0 Å². The molecule has 0 unspecified atom stereocenters. The Labute approximate surface area is 122 Å². The standard InChI is InChI=1S/C13H28N2O2S2/c1-12(2)14-7-5-6-10-19(16,17)15-8-9-18-13(3,4)11-15/h12,14H,5-11H2,1-4H3. The fourth-order valence-electron chi connectivity index (χ4n) is 2.14. The molecule has 1 aliphatic heterocycles. The van der Waals surface area contributed by atoms with Gasteiger partial charge in [0.25, 0.3) is 0 Å². The monoisotopic (exact) mass is 308 g/mol. The summed E-state index contributed by atoms with van der Waals surface area (Å²) in [5.41, 5.74) is 0. The third-order valence-corrected chi connectivity index (χ3v) is 6.37. The summed E-state index contributed by atoms with van der Waals surface area (Å²) < 4.78 is 26.3. The SMILES string of the molecule is CC(C)NCCCCS(=O)(=O)N1CCSC(C)(C)C1. The smallest absolute Gasteiger partial charge is 0.214 e. The Balaban J connectivity index is 2.35. The molecular weight excluding hydrogens is 280 g/mol. The predicted molar refractivity (Wildman–Crippen MR) is 84.3 cm³/mol. The minimum absolute atomic E-state index is 0.0461. The minimum Gasteiger partial charge on any atom is -0.315 e. The Morgan fingerprint density at radius 1 is 1.32 bits per heavy atom. The third kappa shape index (κ3) is 6.47. The van der Waals surface area contributed by atoms with Crippen molar-refractivity contribution in [3.63, 3.8) is 0 Å². The average Bonchev–Trinajstić information content (AvgIpc) is 2.26. The maximum absolute atomic E-state index is 12.3. The van der Waals surface area contributed by atoms with E-state index in [1.165, 1.54) is 0 Å². The number of nitrogens with zero attached hydrogens (tertiary/aromatic N) is 1. The van der Waals surface area contributed by atoms with Crippen molar-refractivity contribution >= 4 is 21.8 Å². The van der Waals surface area contributed by atoms with Crippen LogP contribution in [0.1, 0.15) is 40.5 Å². The van der Waals surface area contributed by atoms with Crippen LogP contribution in [0.3, 0.4) is 0 Å². The molecule has 0 spiro atoms. The molecule has 6 heteroatoms. The number of sulfonamides is 1. The normalized spacial score (nSPS) is 20.9. The zero-order valence-electron chi connectivity index (χ0n) is 12.6. The molecule has 0 aromatic carbocycles. The first kappa shape index (κ1) is 17.3. The van der Waals surface area contributed by atoms with Crippen molar-refractivity contribution in [1.82, 2.24) is 9.62 Å². The lowest BCUT2D eigenvalue weighted by Gasteiger charge is -2.36. The van der Waals surface area contributed by atoms with Crippen molar-refractivity contribution in [3.8, 4) is 0 Å². The van der Waals surface area contributed by atoms with Gasteiger partial charge in [0.15, 0.2) is 0 Å². The summed E-state index contributed by atoms with van der Waals surface area (Å²) in [6.07, 6.45) is 1.66. The topological polar surface area (TPSA) is 49.4 Å². The van der Waals surface area contributed by atoms with Crippen LogP contribution < -0.4 is 5.32 Å². The Morgan fingerprint density at radius 3 is 2.58 bits per heavy atom. The van der Waals surface area contributed by atoms with Crippen LogP contribution in [0.25, 0.3) is 0 Å². The van der Waals surface area contributed by atoms with E-state index in [-0.39, 0.29) is 10.5 Å². The van der Waals surface area contributed by atoms with Crippen molar-refractivity contribution in [2.75, 3.05) is 31.1 Å². The van der Waals surface area contributed by atoms with Gasteiger partial charge in [-0.15, -0.1) is 0 Å². The van der Waals surface area contributed by atoms with Gasteiger partial charge in [-0.2, -0.15) is 16.1 Å². The van der Waals surface area contributed by atoms with Crippen molar-refractivity contribution < 1.29 is 8.42 Å². The number of thioether (sulfide) groups is 1. The molecule has 0 radical (unpaired) electrons. The first-order chi connectivity index (χ1) is 8.73. The van der Waals surface area contributed by atoms with Crippen LogP contribution in [0.15, 0.2) is 0 Å². The number of nitrogens with one attached hydrogen (secondary N) is 1. The summed E-state index contributed by atoms with van der Waals surface area (Å²) in [5, 5.41) is 3.31.